The molecule has 2 saturated heterocycles. The average Bonchev–Trinajstić information content (AvgIpc) is 3.20. The van der Waals surface area contributed by atoms with Crippen LogP contribution in [0.4, 0.5) is 4.79 Å². The van der Waals surface area contributed by atoms with Crippen molar-refractivity contribution in [2.45, 2.75) is 25.4 Å². The van der Waals surface area contributed by atoms with E-state index in [1.165, 1.54) is 0 Å². The van der Waals surface area contributed by atoms with Gasteiger partial charge in [0.25, 0.3) is 0 Å². The molecular weight excluding hydrogens is 310 g/mol. The van der Waals surface area contributed by atoms with Gasteiger partial charge in [0, 0.05) is 32.6 Å². The Morgan fingerprint density at radius 2 is 1.96 bits per heavy atom. The molecule has 24 heavy (non-hydrogen) atoms. The maximum atomic E-state index is 12.3. The number of nitrogens with zero attached hydrogens (tertiary/aromatic N) is 2. The molecule has 2 fully saturated rings. The third-order valence-corrected chi connectivity index (χ3v) is 4.69. The molecule has 7 nitrogen and oxygen atoms in total. The van der Waals surface area contributed by atoms with Gasteiger partial charge in [0.05, 0.1) is 12.0 Å². The maximum Gasteiger partial charge on any atom is 0.317 e. The van der Waals surface area contributed by atoms with E-state index in [4.69, 9.17) is 5.11 Å². The molecule has 2 atom stereocenters. The molecular formula is C17H21N3O4. The highest BCUT2D eigenvalue weighted by Gasteiger charge is 2.40. The van der Waals surface area contributed by atoms with Crippen molar-refractivity contribution in [3.8, 4) is 0 Å². The Kier molecular flexibility index (Phi) is 4.69. The second-order valence-electron chi connectivity index (χ2n) is 6.32. The van der Waals surface area contributed by atoms with E-state index in [1.54, 1.807) is 9.80 Å². The van der Waals surface area contributed by atoms with Crippen LogP contribution in [0.15, 0.2) is 30.3 Å². The second-order valence-corrected chi connectivity index (χ2v) is 6.32. The number of hydrogen-bond acceptors (Lipinski definition) is 3. The third-order valence-electron chi connectivity index (χ3n) is 4.69. The third kappa shape index (κ3) is 3.50. The first-order chi connectivity index (χ1) is 11.5. The van der Waals surface area contributed by atoms with Gasteiger partial charge in [-0.05, 0) is 12.0 Å². The number of hydrogen-bond donors (Lipinski definition) is 2. The van der Waals surface area contributed by atoms with Crippen molar-refractivity contribution in [2.75, 3.05) is 19.6 Å². The summed E-state index contributed by atoms with van der Waals surface area (Å²) in [6, 6.07) is 9.43. The lowest BCUT2D eigenvalue weighted by molar-refractivity contribution is -0.141. The van der Waals surface area contributed by atoms with Crippen LogP contribution in [0.3, 0.4) is 0 Å². The Hall–Kier alpha value is -2.57. The number of carboxylic acids is 1. The largest absolute Gasteiger partial charge is 0.481 e. The number of carbonyl (C=O) groups excluding carboxylic acids is 2. The van der Waals surface area contributed by atoms with Gasteiger partial charge in [-0.3, -0.25) is 9.59 Å². The van der Waals surface area contributed by atoms with E-state index in [9.17, 15) is 14.4 Å². The summed E-state index contributed by atoms with van der Waals surface area (Å²) >= 11 is 0. The monoisotopic (exact) mass is 331 g/mol. The number of likely N-dealkylation sites (tertiary alicyclic amines) is 2. The van der Waals surface area contributed by atoms with Gasteiger partial charge in [-0.2, -0.15) is 0 Å². The predicted molar refractivity (Wildman–Crippen MR) is 86.1 cm³/mol. The standard InChI is InChI=1S/C17H21N3O4/c21-15-8-13(16(22)23)10-20(15)14-6-7-19(11-14)17(24)18-9-12-4-2-1-3-5-12/h1-5,13-14H,6-11H2,(H,18,24)(H,22,23). The highest BCUT2D eigenvalue weighted by molar-refractivity contribution is 5.86. The van der Waals surface area contributed by atoms with Crippen molar-refractivity contribution in [2.24, 2.45) is 5.92 Å². The minimum Gasteiger partial charge on any atom is -0.481 e. The molecule has 2 heterocycles. The van der Waals surface area contributed by atoms with Crippen LogP contribution in [0.5, 0.6) is 0 Å². The van der Waals surface area contributed by atoms with E-state index >= 15 is 0 Å². The SMILES string of the molecule is O=C(O)C1CC(=O)N(C2CCN(C(=O)NCc3ccccc3)C2)C1. The summed E-state index contributed by atoms with van der Waals surface area (Å²) in [5, 5.41) is 11.9. The first-order valence-corrected chi connectivity index (χ1v) is 8.13. The lowest BCUT2D eigenvalue weighted by Gasteiger charge is -2.24. The molecule has 7 heteroatoms. The van der Waals surface area contributed by atoms with Gasteiger partial charge < -0.3 is 20.2 Å². The number of benzene rings is 1. The van der Waals surface area contributed by atoms with Crippen molar-refractivity contribution < 1.29 is 19.5 Å². The fourth-order valence-corrected chi connectivity index (χ4v) is 3.32. The van der Waals surface area contributed by atoms with Crippen LogP contribution in [0.1, 0.15) is 18.4 Å². The molecule has 2 unspecified atom stereocenters. The summed E-state index contributed by atoms with van der Waals surface area (Å²) in [5.74, 6) is -1.68. The summed E-state index contributed by atoms with van der Waals surface area (Å²) in [7, 11) is 0. The van der Waals surface area contributed by atoms with Crippen molar-refractivity contribution in [3.05, 3.63) is 35.9 Å². The van der Waals surface area contributed by atoms with E-state index < -0.39 is 11.9 Å². The first-order valence-electron chi connectivity index (χ1n) is 8.13. The van der Waals surface area contributed by atoms with Gasteiger partial charge in [-0.25, -0.2) is 4.79 Å². The van der Waals surface area contributed by atoms with Gasteiger partial charge >= 0.3 is 12.0 Å². The van der Waals surface area contributed by atoms with Crippen molar-refractivity contribution in [3.63, 3.8) is 0 Å². The zero-order valence-corrected chi connectivity index (χ0v) is 13.4. The van der Waals surface area contributed by atoms with Crippen LogP contribution in [0, 0.1) is 5.92 Å². The van der Waals surface area contributed by atoms with Crippen molar-refractivity contribution in [1.29, 1.82) is 0 Å². The number of carboxylic acid groups (broad SMARTS) is 1. The molecule has 2 N–H and O–H groups in total. The van der Waals surface area contributed by atoms with E-state index in [2.05, 4.69) is 5.32 Å². The lowest BCUT2D eigenvalue weighted by atomic mass is 10.1. The van der Waals surface area contributed by atoms with Crippen LogP contribution in [0.2, 0.25) is 0 Å². The average molecular weight is 331 g/mol. The minimum absolute atomic E-state index is 0.0615. The number of amides is 3. The fraction of sp³-hybridized carbons (Fsp3) is 0.471. The molecule has 0 bridgehead atoms. The van der Waals surface area contributed by atoms with Crippen molar-refractivity contribution >= 4 is 17.9 Å². The number of urea groups is 1. The van der Waals surface area contributed by atoms with Gasteiger partial charge in [-0.15, -0.1) is 0 Å². The Bertz CT molecular complexity index is 634. The van der Waals surface area contributed by atoms with Gasteiger partial charge in [-0.1, -0.05) is 30.3 Å². The molecule has 1 aromatic carbocycles. The zero-order valence-electron chi connectivity index (χ0n) is 13.4. The summed E-state index contributed by atoms with van der Waals surface area (Å²) in [6.07, 6.45) is 0.753. The molecule has 2 aliphatic rings. The molecule has 0 radical (unpaired) electrons. The molecule has 0 aromatic heterocycles. The molecule has 1 aromatic rings. The highest BCUT2D eigenvalue weighted by Crippen LogP contribution is 2.25. The van der Waals surface area contributed by atoms with E-state index in [0.717, 1.165) is 5.56 Å². The molecule has 0 saturated carbocycles. The lowest BCUT2D eigenvalue weighted by Crippen LogP contribution is -2.42. The van der Waals surface area contributed by atoms with Gasteiger partial charge in [0.2, 0.25) is 5.91 Å². The Morgan fingerprint density at radius 3 is 2.62 bits per heavy atom. The summed E-state index contributed by atoms with van der Waals surface area (Å²) in [6.45, 7) is 1.74. The smallest absolute Gasteiger partial charge is 0.317 e. The highest BCUT2D eigenvalue weighted by atomic mass is 16.4. The minimum atomic E-state index is -0.929. The number of aliphatic carboxylic acids is 1. The van der Waals surface area contributed by atoms with Crippen molar-refractivity contribution in [1.82, 2.24) is 15.1 Å². The topological polar surface area (TPSA) is 90.0 Å². The summed E-state index contributed by atoms with van der Waals surface area (Å²) in [5.41, 5.74) is 1.03. The molecule has 2 aliphatic heterocycles. The zero-order chi connectivity index (χ0) is 17.1. The van der Waals surface area contributed by atoms with E-state index in [-0.39, 0.29) is 30.9 Å². The molecule has 3 rings (SSSR count). The Balaban J connectivity index is 1.51. The molecule has 0 spiro atoms. The summed E-state index contributed by atoms with van der Waals surface area (Å²) < 4.78 is 0. The van der Waals surface area contributed by atoms with Crippen LogP contribution in [-0.4, -0.2) is 58.5 Å². The predicted octanol–water partition coefficient (Wildman–Crippen LogP) is 0.904. The van der Waals surface area contributed by atoms with Crippen LogP contribution < -0.4 is 5.32 Å². The van der Waals surface area contributed by atoms with Crippen LogP contribution in [-0.2, 0) is 16.1 Å². The molecule has 0 aliphatic carbocycles. The second kappa shape index (κ2) is 6.90. The first kappa shape index (κ1) is 16.3. The molecule has 3 amide bonds. The Morgan fingerprint density at radius 1 is 1.21 bits per heavy atom. The molecule has 128 valence electrons. The Labute approximate surface area is 140 Å². The normalized spacial score (nSPS) is 23.6. The van der Waals surface area contributed by atoms with Gasteiger partial charge in [0.15, 0.2) is 0 Å². The fourth-order valence-electron chi connectivity index (χ4n) is 3.32. The summed E-state index contributed by atoms with van der Waals surface area (Å²) in [4.78, 5) is 38.6. The quantitative estimate of drug-likeness (QED) is 0.858. The number of rotatable bonds is 4. The van der Waals surface area contributed by atoms with E-state index in [1.807, 2.05) is 30.3 Å². The maximum absolute atomic E-state index is 12.3. The van der Waals surface area contributed by atoms with Crippen LogP contribution >= 0.6 is 0 Å². The van der Waals surface area contributed by atoms with Crippen LogP contribution in [0.25, 0.3) is 0 Å². The number of nitrogens with one attached hydrogen (secondary N) is 1. The van der Waals surface area contributed by atoms with Gasteiger partial charge in [0.1, 0.15) is 0 Å². The van der Waals surface area contributed by atoms with E-state index in [0.29, 0.717) is 26.1 Å². The number of carbonyl (C=O) groups is 3.